The smallest absolute Gasteiger partial charge is 0.266 e. The summed E-state index contributed by atoms with van der Waals surface area (Å²) in [4.78, 5) is 27.3. The van der Waals surface area contributed by atoms with E-state index < -0.39 is 0 Å². The summed E-state index contributed by atoms with van der Waals surface area (Å²) in [6, 6.07) is 5.27. The molecule has 0 radical (unpaired) electrons. The third kappa shape index (κ3) is 2.32. The van der Waals surface area contributed by atoms with E-state index in [9.17, 15) is 9.59 Å². The van der Waals surface area contributed by atoms with Crippen LogP contribution in [0.2, 0.25) is 0 Å². The van der Waals surface area contributed by atoms with Crippen LogP contribution in [-0.4, -0.2) is 36.5 Å². The predicted octanol–water partition coefficient (Wildman–Crippen LogP) is 1.07. The Morgan fingerprint density at radius 1 is 1.05 bits per heavy atom. The zero-order valence-electron chi connectivity index (χ0n) is 10.6. The van der Waals surface area contributed by atoms with E-state index in [-0.39, 0.29) is 11.8 Å². The molecule has 0 atom stereocenters. The molecule has 1 N–H and O–H groups in total. The fourth-order valence-electron chi connectivity index (χ4n) is 2.84. The Hall–Kier alpha value is -1.20. The predicted molar refractivity (Wildman–Crippen MR) is 74.1 cm³/mol. The van der Waals surface area contributed by atoms with Gasteiger partial charge in [0.25, 0.3) is 11.8 Å². The maximum Gasteiger partial charge on any atom is 0.266 e. The number of benzene rings is 1. The minimum atomic E-state index is -0.153. The number of quaternary nitrogens is 1. The van der Waals surface area contributed by atoms with Crippen molar-refractivity contribution in [3.8, 4) is 0 Å². The summed E-state index contributed by atoms with van der Waals surface area (Å²) >= 11 is 3.34. The number of nitrogens with zero attached hydrogens (tertiary/aromatic N) is 1. The molecule has 2 aliphatic heterocycles. The molecule has 4 nitrogen and oxygen atoms in total. The average Bonchev–Trinajstić information content (AvgIpc) is 2.65. The largest absolute Gasteiger partial charge is 0.317 e. The van der Waals surface area contributed by atoms with Gasteiger partial charge < -0.3 is 4.90 Å². The first-order valence-corrected chi connectivity index (χ1v) is 7.45. The quantitative estimate of drug-likeness (QED) is 0.827. The van der Waals surface area contributed by atoms with E-state index in [2.05, 4.69) is 15.9 Å². The van der Waals surface area contributed by atoms with Crippen molar-refractivity contribution in [1.82, 2.24) is 4.90 Å². The van der Waals surface area contributed by atoms with Crippen LogP contribution in [0.25, 0.3) is 0 Å². The molecule has 3 rings (SSSR count). The van der Waals surface area contributed by atoms with Gasteiger partial charge in [-0.05, 0) is 37.5 Å². The summed E-state index contributed by atoms with van der Waals surface area (Å²) in [5.74, 6) is -0.301. The van der Waals surface area contributed by atoms with Crippen LogP contribution in [0.1, 0.15) is 40.0 Å². The molecule has 2 heterocycles. The molecular formula is C14H16BrN2O2+. The lowest BCUT2D eigenvalue weighted by Gasteiger charge is -2.26. The van der Waals surface area contributed by atoms with Gasteiger partial charge in [-0.15, -0.1) is 0 Å². The van der Waals surface area contributed by atoms with E-state index in [1.165, 1.54) is 29.1 Å². The second-order valence-corrected chi connectivity index (χ2v) is 6.11. The number of halogens is 1. The normalized spacial score (nSPS) is 19.9. The highest BCUT2D eigenvalue weighted by Crippen LogP contribution is 2.25. The van der Waals surface area contributed by atoms with Crippen molar-refractivity contribution in [1.29, 1.82) is 0 Å². The number of hydrogen-bond acceptors (Lipinski definition) is 2. The van der Waals surface area contributed by atoms with Crippen LogP contribution in [0.4, 0.5) is 0 Å². The van der Waals surface area contributed by atoms with Gasteiger partial charge in [0.05, 0.1) is 24.2 Å². The molecule has 2 amide bonds. The van der Waals surface area contributed by atoms with Gasteiger partial charge in [0.2, 0.25) is 0 Å². The summed E-state index contributed by atoms with van der Waals surface area (Å²) in [6.07, 6.45) is 3.63. The van der Waals surface area contributed by atoms with Crippen molar-refractivity contribution < 1.29 is 14.5 Å². The molecule has 19 heavy (non-hydrogen) atoms. The molecule has 2 aliphatic rings. The number of piperidine rings is 1. The molecule has 0 unspecified atom stereocenters. The Balaban J connectivity index is 1.81. The summed E-state index contributed by atoms with van der Waals surface area (Å²) in [5, 5.41) is 0. The van der Waals surface area contributed by atoms with Gasteiger partial charge in [-0.3, -0.25) is 9.59 Å². The molecular weight excluding hydrogens is 308 g/mol. The number of amides is 2. The maximum absolute atomic E-state index is 12.3. The SMILES string of the molecule is O=C1c2ccc(Br)cc2C(=O)N1C[NH+]1CCCCC1. The summed E-state index contributed by atoms with van der Waals surface area (Å²) in [7, 11) is 0. The van der Waals surface area contributed by atoms with Crippen molar-refractivity contribution in [3.05, 3.63) is 33.8 Å². The molecule has 1 aromatic rings. The number of imide groups is 1. The molecule has 0 aromatic heterocycles. The highest BCUT2D eigenvalue weighted by atomic mass is 79.9. The molecule has 100 valence electrons. The van der Waals surface area contributed by atoms with Crippen molar-refractivity contribution in [3.63, 3.8) is 0 Å². The lowest BCUT2D eigenvalue weighted by atomic mass is 10.1. The second kappa shape index (κ2) is 5.06. The first kappa shape index (κ1) is 12.8. The van der Waals surface area contributed by atoms with E-state index in [0.29, 0.717) is 17.8 Å². The van der Waals surface area contributed by atoms with E-state index in [4.69, 9.17) is 0 Å². The minimum Gasteiger partial charge on any atom is -0.317 e. The van der Waals surface area contributed by atoms with E-state index in [1.54, 1.807) is 18.2 Å². The fourth-order valence-corrected chi connectivity index (χ4v) is 3.20. The van der Waals surface area contributed by atoms with Crippen LogP contribution in [0.5, 0.6) is 0 Å². The number of carbonyl (C=O) groups excluding carboxylic acids is 2. The van der Waals surface area contributed by atoms with E-state index >= 15 is 0 Å². The highest BCUT2D eigenvalue weighted by Gasteiger charge is 2.37. The van der Waals surface area contributed by atoms with Crippen LogP contribution >= 0.6 is 15.9 Å². The molecule has 0 bridgehead atoms. The molecule has 1 fully saturated rings. The topological polar surface area (TPSA) is 41.8 Å². The zero-order valence-corrected chi connectivity index (χ0v) is 12.2. The lowest BCUT2D eigenvalue weighted by Crippen LogP contribution is -3.14. The number of hydrogen-bond donors (Lipinski definition) is 1. The molecule has 1 saturated heterocycles. The Morgan fingerprint density at radius 3 is 2.47 bits per heavy atom. The van der Waals surface area contributed by atoms with Crippen LogP contribution in [-0.2, 0) is 0 Å². The van der Waals surface area contributed by atoms with Crippen LogP contribution in [0.3, 0.4) is 0 Å². The lowest BCUT2D eigenvalue weighted by molar-refractivity contribution is -0.912. The first-order chi connectivity index (χ1) is 9.16. The van der Waals surface area contributed by atoms with Crippen molar-refractivity contribution in [2.24, 2.45) is 0 Å². The summed E-state index contributed by atoms with van der Waals surface area (Å²) in [6.45, 7) is 2.61. The van der Waals surface area contributed by atoms with Gasteiger partial charge >= 0.3 is 0 Å². The van der Waals surface area contributed by atoms with Crippen molar-refractivity contribution >= 4 is 27.7 Å². The number of rotatable bonds is 2. The summed E-state index contributed by atoms with van der Waals surface area (Å²) < 4.78 is 0.833. The average molecular weight is 324 g/mol. The van der Waals surface area contributed by atoms with Crippen molar-refractivity contribution in [2.45, 2.75) is 19.3 Å². The first-order valence-electron chi connectivity index (χ1n) is 6.66. The standard InChI is InChI=1S/C14H15BrN2O2/c15-10-4-5-11-12(8-10)14(19)17(13(11)18)9-16-6-2-1-3-7-16/h4-5,8H,1-3,6-7,9H2/p+1. The van der Waals surface area contributed by atoms with Gasteiger partial charge in [0.1, 0.15) is 0 Å². The van der Waals surface area contributed by atoms with Crippen LogP contribution < -0.4 is 4.90 Å². The monoisotopic (exact) mass is 323 g/mol. The fraction of sp³-hybridized carbons (Fsp3) is 0.429. The molecule has 0 spiro atoms. The minimum absolute atomic E-state index is 0.148. The second-order valence-electron chi connectivity index (χ2n) is 5.20. The number of carbonyl (C=O) groups is 2. The van der Waals surface area contributed by atoms with Crippen LogP contribution in [0, 0.1) is 0 Å². The highest BCUT2D eigenvalue weighted by molar-refractivity contribution is 9.10. The van der Waals surface area contributed by atoms with Crippen LogP contribution in [0.15, 0.2) is 22.7 Å². The Morgan fingerprint density at radius 2 is 1.74 bits per heavy atom. The summed E-state index contributed by atoms with van der Waals surface area (Å²) in [5.41, 5.74) is 1.06. The molecule has 5 heteroatoms. The Labute approximate surface area is 120 Å². The van der Waals surface area contributed by atoms with Gasteiger partial charge in [-0.25, -0.2) is 4.90 Å². The van der Waals surface area contributed by atoms with E-state index in [0.717, 1.165) is 17.6 Å². The Kier molecular flexibility index (Phi) is 3.41. The third-order valence-electron chi connectivity index (χ3n) is 3.88. The van der Waals surface area contributed by atoms with Gasteiger partial charge in [-0.2, -0.15) is 0 Å². The third-order valence-corrected chi connectivity index (χ3v) is 4.37. The zero-order chi connectivity index (χ0) is 13.4. The maximum atomic E-state index is 12.3. The van der Waals surface area contributed by atoms with Gasteiger partial charge in [0, 0.05) is 4.47 Å². The number of nitrogens with one attached hydrogen (secondary N) is 1. The van der Waals surface area contributed by atoms with Gasteiger partial charge in [0.15, 0.2) is 6.67 Å². The van der Waals surface area contributed by atoms with E-state index in [1.807, 2.05) is 0 Å². The number of likely N-dealkylation sites (tertiary alicyclic amines) is 1. The molecule has 0 saturated carbocycles. The van der Waals surface area contributed by atoms with Gasteiger partial charge in [-0.1, -0.05) is 15.9 Å². The number of fused-ring (bicyclic) bond motifs is 1. The molecule has 1 aromatic carbocycles. The molecule has 0 aliphatic carbocycles. The Bertz CT molecular complexity index is 538. The van der Waals surface area contributed by atoms with Crippen molar-refractivity contribution in [2.75, 3.05) is 19.8 Å².